The molecule has 4 atom stereocenters. The van der Waals surface area contributed by atoms with Crippen LogP contribution in [-0.4, -0.2) is 246 Å². The molecule has 116 heavy (non-hydrogen) atoms. The van der Waals surface area contributed by atoms with Crippen molar-refractivity contribution in [2.45, 2.75) is 128 Å². The Bertz CT molecular complexity index is 4120. The highest BCUT2D eigenvalue weighted by atomic mass is 16.6. The topological polar surface area (TPSA) is 305 Å². The van der Waals surface area contributed by atoms with E-state index in [0.717, 1.165) is 54.6 Å². The molecule has 0 unspecified atom stereocenters. The van der Waals surface area contributed by atoms with Crippen molar-refractivity contribution in [2.75, 3.05) is 165 Å². The monoisotopic (exact) mass is 1600 g/mol. The summed E-state index contributed by atoms with van der Waals surface area (Å²) in [5, 5.41) is 8.59. The number of aliphatic imine (C=N–C) groups is 1. The van der Waals surface area contributed by atoms with Crippen molar-refractivity contribution >= 4 is 81.7 Å². The molecule has 1 fully saturated rings. The van der Waals surface area contributed by atoms with Crippen molar-refractivity contribution in [3.05, 3.63) is 143 Å². The number of amides is 5. The van der Waals surface area contributed by atoms with Gasteiger partial charge in [-0.1, -0.05) is 57.2 Å². The molecule has 27 nitrogen and oxygen atoms in total. The predicted molar refractivity (Wildman–Crippen MR) is 438 cm³/mol. The van der Waals surface area contributed by atoms with Gasteiger partial charge in [0.05, 0.1) is 174 Å². The van der Waals surface area contributed by atoms with Crippen LogP contribution in [0.15, 0.2) is 114 Å². The van der Waals surface area contributed by atoms with E-state index < -0.39 is 12.0 Å². The molecule has 1 aliphatic carbocycles. The first-order valence-electron chi connectivity index (χ1n) is 40.8. The number of allylic oxidation sites excluding steroid dienone is 2. The summed E-state index contributed by atoms with van der Waals surface area (Å²) >= 11 is 0. The Morgan fingerprint density at radius 2 is 1.07 bits per heavy atom. The molecule has 0 spiro atoms. The fourth-order valence-electron chi connectivity index (χ4n) is 14.4. The molecule has 0 saturated carbocycles. The molecule has 27 heteroatoms. The molecule has 3 N–H and O–H groups in total. The first kappa shape index (κ1) is 88.8. The van der Waals surface area contributed by atoms with Gasteiger partial charge in [-0.05, 0) is 178 Å². The van der Waals surface area contributed by atoms with Gasteiger partial charge in [0.2, 0.25) is 17.7 Å². The maximum Gasteiger partial charge on any atom is 0.260 e. The van der Waals surface area contributed by atoms with Gasteiger partial charge in [0.25, 0.3) is 11.8 Å². The van der Waals surface area contributed by atoms with E-state index in [1.165, 1.54) is 30.6 Å². The van der Waals surface area contributed by atoms with Crippen LogP contribution in [0.1, 0.15) is 153 Å². The highest BCUT2D eigenvalue weighted by Gasteiger charge is 2.36. The third-order valence-electron chi connectivity index (χ3n) is 21.2. The Morgan fingerprint density at radius 1 is 0.552 bits per heavy atom. The van der Waals surface area contributed by atoms with E-state index in [2.05, 4.69) is 57.9 Å². The van der Waals surface area contributed by atoms with Crippen molar-refractivity contribution in [3.8, 4) is 23.0 Å². The number of nitrogens with zero attached hydrogens (tertiary/aromatic N) is 4. The molecule has 0 radical (unpaired) electrons. The van der Waals surface area contributed by atoms with Gasteiger partial charge >= 0.3 is 0 Å². The molecule has 4 aromatic carbocycles. The number of benzene rings is 4. The summed E-state index contributed by atoms with van der Waals surface area (Å²) in [5.41, 5.74) is 11.6. The Balaban J connectivity index is 0.529. The van der Waals surface area contributed by atoms with E-state index >= 15 is 0 Å². The van der Waals surface area contributed by atoms with E-state index in [-0.39, 0.29) is 103 Å². The highest BCUT2D eigenvalue weighted by Crippen LogP contribution is 2.42. The minimum absolute atomic E-state index is 0.0869. The fraction of sp³-hybridized carbons (Fsp3) is 0.528. The Hall–Kier alpha value is -9.51. The molecule has 1 saturated heterocycles. The summed E-state index contributed by atoms with van der Waals surface area (Å²) in [5.74, 6) is -0.314. The van der Waals surface area contributed by atoms with Gasteiger partial charge in [-0.2, -0.15) is 0 Å². The molecular formula is C89H115N7O20. The average molecular weight is 1600 g/mol. The number of ether oxygens (including phenoxy) is 12. The van der Waals surface area contributed by atoms with E-state index in [1.807, 2.05) is 80.6 Å². The molecule has 4 aromatic rings. The molecule has 626 valence electrons. The van der Waals surface area contributed by atoms with E-state index in [1.54, 1.807) is 43.5 Å². The highest BCUT2D eigenvalue weighted by molar-refractivity contribution is 6.18. The van der Waals surface area contributed by atoms with Gasteiger partial charge in [-0.3, -0.25) is 43.3 Å². The van der Waals surface area contributed by atoms with Crippen LogP contribution in [0.5, 0.6) is 23.0 Å². The molecule has 0 bridgehead atoms. The Morgan fingerprint density at radius 3 is 1.64 bits per heavy atom. The molecule has 5 amide bonds. The van der Waals surface area contributed by atoms with Gasteiger partial charge in [-0.15, -0.1) is 5.73 Å². The summed E-state index contributed by atoms with van der Waals surface area (Å²) in [6, 6.07) is 22.4. The van der Waals surface area contributed by atoms with Gasteiger partial charge in [-0.25, -0.2) is 0 Å². The van der Waals surface area contributed by atoms with E-state index in [0.29, 0.717) is 202 Å². The minimum Gasteiger partial charge on any atom is -0.493 e. The number of fused-ring (bicyclic) bond motifs is 4. The lowest BCUT2D eigenvalue weighted by atomic mass is 9.88. The number of likely N-dealkylation sites (tertiary alicyclic amines) is 1. The van der Waals surface area contributed by atoms with Crippen molar-refractivity contribution in [1.82, 2.24) is 25.3 Å². The lowest BCUT2D eigenvalue weighted by Gasteiger charge is -2.29. The number of methoxy groups -OCH3 is 2. The average Bonchev–Trinajstić information content (AvgIpc) is 1.59. The van der Waals surface area contributed by atoms with Gasteiger partial charge < -0.3 is 87.5 Å². The van der Waals surface area contributed by atoms with E-state index in [9.17, 15) is 38.4 Å². The fourth-order valence-corrected chi connectivity index (χ4v) is 14.4. The standard InChI is InChI=1S/C89H115N7O20/c1-61(2)86(93-85(101)30-36-107-38-40-109-42-44-111-46-48-113-50-51-114-49-47-112-45-43-110-41-39-108-37-31-90-84(100)27-24-73-77(97)25-26-78(73)98)79(99)15-10-12-62(3)87(102)92-70-22-20-65(21-23-70)69-53-72-58-91-76-57-83(81(106-6)56-75(76)89(104)96(72)60-69)116-35-9-7-8-34-115-82-54-67-13-11-14-71-52-68(59-95(71)88(103)74(67)55-80(82)105-5)64-18-16-63(17-19-64)66-28-32-94(4)33-29-66/h13-14,16-23,25-26,54-62,66,71-73,86H,7-10,12,15,24,27-53H2,1-6H3,(H,90,100)(H,92,102)(H,93,101)/t11?,62-,71-,72+,86+/m1/s1. The zero-order chi connectivity index (χ0) is 82.0. The molecule has 5 heterocycles. The molecule has 10 rings (SSSR count). The first-order valence-corrected chi connectivity index (χ1v) is 40.8. The van der Waals surface area contributed by atoms with Crippen LogP contribution in [0, 0.1) is 17.8 Å². The number of hydrogen-bond donors (Lipinski definition) is 3. The van der Waals surface area contributed by atoms with Crippen LogP contribution in [0.4, 0.5) is 11.4 Å². The Labute approximate surface area is 680 Å². The molecule has 6 aliphatic rings. The largest absolute Gasteiger partial charge is 0.493 e. The summed E-state index contributed by atoms with van der Waals surface area (Å²) in [6.45, 7) is 14.9. The second-order valence-electron chi connectivity index (χ2n) is 29.9. The maximum absolute atomic E-state index is 14.2. The molecule has 0 aromatic heterocycles. The van der Waals surface area contributed by atoms with Gasteiger partial charge in [0.15, 0.2) is 40.3 Å². The van der Waals surface area contributed by atoms with Crippen molar-refractivity contribution < 1.29 is 95.2 Å². The van der Waals surface area contributed by atoms with E-state index in [4.69, 9.17) is 61.8 Å². The summed E-state index contributed by atoms with van der Waals surface area (Å²) in [6.07, 6.45) is 19.4. The number of ketones is 3. The normalized spacial score (nSPS) is 17.1. The first-order chi connectivity index (χ1) is 56.4. The summed E-state index contributed by atoms with van der Waals surface area (Å²) in [4.78, 5) is 114. The quantitative estimate of drug-likeness (QED) is 0.0210. The number of piperidine rings is 1. The molecule has 5 aliphatic heterocycles. The zero-order valence-corrected chi connectivity index (χ0v) is 68.0. The van der Waals surface area contributed by atoms with Crippen molar-refractivity contribution in [2.24, 2.45) is 22.7 Å². The second kappa shape index (κ2) is 47.0. The maximum atomic E-state index is 14.2. The number of rotatable bonds is 52. The number of Topliss-reactive ketones (excluding diaryl/α,β-unsaturated/α-hetero) is 1. The zero-order valence-electron chi connectivity index (χ0n) is 68.0. The van der Waals surface area contributed by atoms with Crippen LogP contribution < -0.4 is 34.9 Å². The number of hydrogen-bond acceptors (Lipinski definition) is 22. The minimum atomic E-state index is -0.731. The summed E-state index contributed by atoms with van der Waals surface area (Å²) < 4.78 is 68.3. The predicted octanol–water partition coefficient (Wildman–Crippen LogP) is 10.7. The van der Waals surface area contributed by atoms with Crippen LogP contribution in [0.2, 0.25) is 0 Å². The van der Waals surface area contributed by atoms with Gasteiger partial charge in [0, 0.05) is 68.5 Å². The smallest absolute Gasteiger partial charge is 0.260 e. The summed E-state index contributed by atoms with van der Waals surface area (Å²) in [7, 11) is 5.31. The van der Waals surface area contributed by atoms with Gasteiger partial charge in [0.1, 0.15) is 0 Å². The molecular weight excluding hydrogens is 1490 g/mol. The second-order valence-corrected chi connectivity index (χ2v) is 29.9. The number of anilines is 1. The van der Waals surface area contributed by atoms with Crippen molar-refractivity contribution in [1.29, 1.82) is 0 Å². The Kier molecular flexibility index (Phi) is 36.0. The number of carbonyl (C=O) groups excluding carboxylic acids is 8. The van der Waals surface area contributed by atoms with Crippen LogP contribution in [-0.2, 0) is 66.7 Å². The van der Waals surface area contributed by atoms with Crippen LogP contribution in [0.25, 0.3) is 17.2 Å². The van der Waals surface area contributed by atoms with Crippen LogP contribution >= 0.6 is 0 Å². The van der Waals surface area contributed by atoms with Crippen molar-refractivity contribution in [3.63, 3.8) is 0 Å². The number of carbonyl (C=O) groups is 8. The SMILES string of the molecule is COc1cc2c(cc1OCCCCCOc1cc3c(cc1OC)C(=O)N1C=C(c4ccc(NC(=O)[C@H](C)CCCC(=O)[C@@H](NC(=O)CCOCCOCCOCCOCCOCCOCCOCCOCCNC(=O)CCC5C(=O)C=CC5=O)C(C)C)cc4)C[C@H]1C=N3)C=C=C[C@@H]1CC(c3ccc(C4CCN(C)CC4)cc3)=CN1C2=O. The number of nitrogens with one attached hydrogen (secondary N) is 3. The van der Waals surface area contributed by atoms with Crippen LogP contribution in [0.3, 0.4) is 0 Å². The number of unbranched alkanes of at least 4 members (excludes halogenated alkanes) is 2. The third-order valence-corrected chi connectivity index (χ3v) is 21.2. The lowest BCUT2D eigenvalue weighted by molar-refractivity contribution is -0.129. The lowest BCUT2D eigenvalue weighted by Crippen LogP contribution is -2.44. The third kappa shape index (κ3) is 27.0.